The fourth-order valence-electron chi connectivity index (χ4n) is 3.02. The number of hydrogen-bond donors (Lipinski definition) is 0. The molecule has 1 aliphatic heterocycles. The third-order valence-electron chi connectivity index (χ3n) is 4.39. The first-order chi connectivity index (χ1) is 13.3. The molecule has 2 aromatic carbocycles. The Hall–Kier alpha value is -3.23. The molecule has 0 saturated carbocycles. The molecule has 8 heteroatoms. The van der Waals surface area contributed by atoms with Gasteiger partial charge in [0.15, 0.2) is 5.69 Å². The zero-order valence-electron chi connectivity index (χ0n) is 14.9. The summed E-state index contributed by atoms with van der Waals surface area (Å²) in [7, 11) is 0. The van der Waals surface area contributed by atoms with Crippen LogP contribution in [0.2, 0.25) is 0 Å². The molecule has 2 aromatic rings. The van der Waals surface area contributed by atoms with E-state index in [1.165, 1.54) is 12.1 Å². The molecule has 5 nitrogen and oxygen atoms in total. The van der Waals surface area contributed by atoms with E-state index in [2.05, 4.69) is 4.85 Å². The fourth-order valence-corrected chi connectivity index (χ4v) is 3.02. The van der Waals surface area contributed by atoms with Crippen molar-refractivity contribution in [2.24, 2.45) is 0 Å². The van der Waals surface area contributed by atoms with Crippen molar-refractivity contribution in [2.45, 2.75) is 25.4 Å². The quantitative estimate of drug-likeness (QED) is 0.710. The minimum atomic E-state index is -4.61. The van der Waals surface area contributed by atoms with Gasteiger partial charge in [0.2, 0.25) is 0 Å². The maximum atomic E-state index is 13.2. The van der Waals surface area contributed by atoms with Crippen LogP contribution in [0.25, 0.3) is 4.85 Å². The zero-order valence-corrected chi connectivity index (χ0v) is 14.9. The fraction of sp³-hybridized carbons (Fsp3) is 0.300. The molecule has 0 N–H and O–H groups in total. The van der Waals surface area contributed by atoms with Crippen LogP contribution in [0.15, 0.2) is 42.5 Å². The Morgan fingerprint density at radius 2 is 2.00 bits per heavy atom. The molecule has 2 atom stereocenters. The van der Waals surface area contributed by atoms with E-state index in [0.29, 0.717) is 23.7 Å². The topological polar surface area (TPSA) is 49.8 Å². The average molecular weight is 387 g/mol. The largest absolute Gasteiger partial charge is 0.491 e. The average Bonchev–Trinajstić information content (AvgIpc) is 3.06. The van der Waals surface area contributed by atoms with Crippen LogP contribution in [0.1, 0.15) is 18.1 Å². The van der Waals surface area contributed by atoms with Crippen LogP contribution in [-0.2, 0) is 10.9 Å². The smallest absolute Gasteiger partial charge is 0.417 e. The third kappa shape index (κ3) is 4.19. The summed E-state index contributed by atoms with van der Waals surface area (Å²) in [6.07, 6.45) is -5.38. The lowest BCUT2D eigenvalue weighted by molar-refractivity contribution is -0.137. The van der Waals surface area contributed by atoms with Crippen LogP contribution in [0, 0.1) is 17.9 Å². The highest BCUT2D eigenvalue weighted by Crippen LogP contribution is 2.36. The molecule has 28 heavy (non-hydrogen) atoms. The maximum absolute atomic E-state index is 13.2. The van der Waals surface area contributed by atoms with E-state index >= 15 is 0 Å². The monoisotopic (exact) mass is 387 g/mol. The Kier molecular flexibility index (Phi) is 5.43. The maximum Gasteiger partial charge on any atom is 0.417 e. The first-order valence-corrected chi connectivity index (χ1v) is 8.45. The number of nitrogens with zero attached hydrogens (tertiary/aromatic N) is 3. The summed E-state index contributed by atoms with van der Waals surface area (Å²) in [5, 5.41) is 8.92. The van der Waals surface area contributed by atoms with Gasteiger partial charge in [-0.05, 0) is 37.3 Å². The molecule has 0 amide bonds. The summed E-state index contributed by atoms with van der Waals surface area (Å²) in [5.74, 6) is 0.583. The summed E-state index contributed by atoms with van der Waals surface area (Å²) >= 11 is 0. The summed E-state index contributed by atoms with van der Waals surface area (Å²) in [6.45, 7) is 9.25. The second-order valence-corrected chi connectivity index (χ2v) is 6.27. The van der Waals surface area contributed by atoms with E-state index in [4.69, 9.17) is 21.3 Å². The van der Waals surface area contributed by atoms with Crippen LogP contribution in [0.4, 0.5) is 24.5 Å². The van der Waals surface area contributed by atoms with Gasteiger partial charge in [-0.1, -0.05) is 12.1 Å². The van der Waals surface area contributed by atoms with E-state index in [1.54, 1.807) is 42.2 Å². The summed E-state index contributed by atoms with van der Waals surface area (Å²) in [5.41, 5.74) is -0.528. The van der Waals surface area contributed by atoms with Crippen molar-refractivity contribution in [3.63, 3.8) is 0 Å². The minimum absolute atomic E-state index is 0.223. The Morgan fingerprint density at radius 3 is 2.61 bits per heavy atom. The molecule has 1 fully saturated rings. The van der Waals surface area contributed by atoms with E-state index < -0.39 is 23.5 Å². The van der Waals surface area contributed by atoms with E-state index in [-0.39, 0.29) is 12.7 Å². The Morgan fingerprint density at radius 1 is 1.29 bits per heavy atom. The van der Waals surface area contributed by atoms with Crippen molar-refractivity contribution in [1.29, 1.82) is 5.26 Å². The van der Waals surface area contributed by atoms with Crippen LogP contribution in [0.5, 0.6) is 5.75 Å². The normalized spacial score (nSPS) is 19.1. The van der Waals surface area contributed by atoms with Crippen molar-refractivity contribution < 1.29 is 22.6 Å². The first-order valence-electron chi connectivity index (χ1n) is 8.45. The predicted octanol–water partition coefficient (Wildman–Crippen LogP) is 4.76. The molecule has 0 bridgehead atoms. The van der Waals surface area contributed by atoms with Crippen molar-refractivity contribution in [3.05, 3.63) is 65.0 Å². The molecular weight excluding hydrogens is 371 g/mol. The third-order valence-corrected chi connectivity index (χ3v) is 4.39. The zero-order chi connectivity index (χ0) is 20.3. The molecule has 0 aromatic heterocycles. The molecule has 0 radical (unpaired) electrons. The van der Waals surface area contributed by atoms with Crippen molar-refractivity contribution in [3.8, 4) is 11.8 Å². The van der Waals surface area contributed by atoms with Crippen LogP contribution in [-0.4, -0.2) is 25.5 Å². The minimum Gasteiger partial charge on any atom is -0.491 e. The number of rotatable bonds is 4. The van der Waals surface area contributed by atoms with Gasteiger partial charge in [-0.15, -0.1) is 0 Å². The highest BCUT2D eigenvalue weighted by molar-refractivity contribution is 5.55. The summed E-state index contributed by atoms with van der Waals surface area (Å²) in [6, 6.07) is 11.9. The standard InChI is InChI=1S/C20H16F3N3O2/c1-13-26(16-6-3-14(10-24)19(9-16)20(21,22)23)11-18(28-13)12-27-17-7-4-15(25-2)5-8-17/h3-9,13,18H,11-12H2,1H3/t13-,18?/m0/s1. The van der Waals surface area contributed by atoms with Crippen LogP contribution in [0.3, 0.4) is 0 Å². The number of ether oxygens (including phenoxy) is 2. The molecular formula is C20H16F3N3O2. The lowest BCUT2D eigenvalue weighted by Gasteiger charge is -2.23. The second kappa shape index (κ2) is 7.79. The van der Waals surface area contributed by atoms with Crippen molar-refractivity contribution in [2.75, 3.05) is 18.1 Å². The van der Waals surface area contributed by atoms with Gasteiger partial charge in [-0.3, -0.25) is 0 Å². The van der Waals surface area contributed by atoms with Gasteiger partial charge in [-0.2, -0.15) is 18.4 Å². The lowest BCUT2D eigenvalue weighted by Crippen LogP contribution is -2.28. The van der Waals surface area contributed by atoms with Gasteiger partial charge in [0.05, 0.1) is 30.3 Å². The number of anilines is 1. The van der Waals surface area contributed by atoms with Crippen molar-refractivity contribution in [1.82, 2.24) is 0 Å². The van der Waals surface area contributed by atoms with E-state index in [9.17, 15) is 13.2 Å². The predicted molar refractivity (Wildman–Crippen MR) is 96.0 cm³/mol. The van der Waals surface area contributed by atoms with Gasteiger partial charge >= 0.3 is 6.18 Å². The molecule has 1 unspecified atom stereocenters. The highest BCUT2D eigenvalue weighted by Gasteiger charge is 2.36. The van der Waals surface area contributed by atoms with Crippen LogP contribution >= 0.6 is 0 Å². The van der Waals surface area contributed by atoms with E-state index in [1.807, 2.05) is 0 Å². The molecule has 1 heterocycles. The Labute approximate surface area is 160 Å². The van der Waals surface area contributed by atoms with E-state index in [0.717, 1.165) is 6.07 Å². The van der Waals surface area contributed by atoms with Gasteiger partial charge in [-0.25, -0.2) is 4.85 Å². The number of nitriles is 1. The molecule has 1 saturated heterocycles. The highest BCUT2D eigenvalue weighted by atomic mass is 19.4. The molecule has 0 aliphatic carbocycles. The Bertz CT molecular complexity index is 930. The summed E-state index contributed by atoms with van der Waals surface area (Å²) in [4.78, 5) is 5.00. The Balaban J connectivity index is 1.69. The molecule has 144 valence electrons. The van der Waals surface area contributed by atoms with Gasteiger partial charge < -0.3 is 14.4 Å². The van der Waals surface area contributed by atoms with Gasteiger partial charge in [0, 0.05) is 5.69 Å². The number of benzene rings is 2. The van der Waals surface area contributed by atoms with Crippen LogP contribution < -0.4 is 9.64 Å². The second-order valence-electron chi connectivity index (χ2n) is 6.27. The van der Waals surface area contributed by atoms with Gasteiger partial charge in [0.25, 0.3) is 0 Å². The molecule has 1 aliphatic rings. The number of halogens is 3. The number of alkyl halides is 3. The SMILES string of the molecule is [C-]#[N+]c1ccc(OCC2CN(c3ccc(C#N)c(C(F)(F)F)c3)[C@H](C)O2)cc1. The van der Waals surface area contributed by atoms with Gasteiger partial charge in [0.1, 0.15) is 24.7 Å². The van der Waals surface area contributed by atoms with Crippen molar-refractivity contribution >= 4 is 11.4 Å². The lowest BCUT2D eigenvalue weighted by atomic mass is 10.1. The summed E-state index contributed by atoms with van der Waals surface area (Å²) < 4.78 is 51.0. The molecule has 3 rings (SSSR count). The first kappa shape index (κ1) is 19.5. The molecule has 0 spiro atoms. The number of hydrogen-bond acceptors (Lipinski definition) is 4.